The van der Waals surface area contributed by atoms with E-state index in [9.17, 15) is 14.4 Å². The average molecular weight is 871 g/mol. The number of benzene rings is 2. The number of para-hydroxylation sites is 1. The Balaban J connectivity index is 1.02. The first-order valence-electron chi connectivity index (χ1n) is 23.4. The zero-order valence-electron chi connectivity index (χ0n) is 38.1. The van der Waals surface area contributed by atoms with E-state index in [1.165, 1.54) is 0 Å². The number of aryl methyl sites for hydroxylation is 1. The van der Waals surface area contributed by atoms with Gasteiger partial charge in [-0.15, -0.1) is 0 Å². The van der Waals surface area contributed by atoms with Gasteiger partial charge in [0.2, 0.25) is 5.91 Å². The highest BCUT2D eigenvalue weighted by Gasteiger charge is 2.34. The predicted molar refractivity (Wildman–Crippen MR) is 246 cm³/mol. The molecule has 15 nitrogen and oxygen atoms in total. The number of likely N-dealkylation sites (tertiary alicyclic amines) is 2. The van der Waals surface area contributed by atoms with E-state index in [-0.39, 0.29) is 23.4 Å². The van der Waals surface area contributed by atoms with Crippen LogP contribution < -0.4 is 10.9 Å². The van der Waals surface area contributed by atoms with E-state index in [1.807, 2.05) is 69.4 Å². The largest absolute Gasteiger partial charge is 0.379 e. The molecule has 5 heterocycles. The third-order valence-electron chi connectivity index (χ3n) is 13.2. The van der Waals surface area contributed by atoms with Gasteiger partial charge in [-0.2, -0.15) is 5.10 Å². The molecule has 0 radical (unpaired) electrons. The zero-order chi connectivity index (χ0) is 44.1. The van der Waals surface area contributed by atoms with E-state index in [4.69, 9.17) is 18.9 Å². The normalized spacial score (nSPS) is 17.8. The van der Waals surface area contributed by atoms with Crippen molar-refractivity contribution in [1.29, 1.82) is 0 Å². The molecule has 3 saturated heterocycles. The topological polar surface area (TPSA) is 136 Å². The maximum Gasteiger partial charge on any atom is 0.318 e. The Morgan fingerprint density at radius 1 is 0.762 bits per heavy atom. The summed E-state index contributed by atoms with van der Waals surface area (Å²) in [5.74, 6) is -0.0377. The van der Waals surface area contributed by atoms with Gasteiger partial charge in [0, 0.05) is 82.4 Å². The second kappa shape index (κ2) is 23.0. The van der Waals surface area contributed by atoms with Crippen molar-refractivity contribution >= 4 is 33.7 Å². The van der Waals surface area contributed by atoms with E-state index >= 15 is 0 Å². The van der Waals surface area contributed by atoms with Crippen molar-refractivity contribution in [2.75, 3.05) is 112 Å². The fraction of sp³-hybridized carbons (Fsp3) is 0.625. The molecule has 3 aliphatic heterocycles. The molecule has 3 fully saturated rings. The van der Waals surface area contributed by atoms with Crippen molar-refractivity contribution in [2.24, 2.45) is 0 Å². The number of carbonyl (C=O) groups is 2. The van der Waals surface area contributed by atoms with Crippen LogP contribution >= 0.6 is 0 Å². The molecule has 3 aliphatic rings. The minimum atomic E-state index is -0.737. The summed E-state index contributed by atoms with van der Waals surface area (Å²) < 4.78 is 26.2. The van der Waals surface area contributed by atoms with Gasteiger partial charge in [-0.05, 0) is 107 Å². The molecule has 1 N–H and O–H groups in total. The standard InChI is InChI=1S/C48H70N8O7/c1-5-60-27-29-62-25-23-55-44-10-8-7-9-39(44)34-42(46(55)57)38-11-17-54(18-12-38)48(59)50-43(47(58)53-21-19-52(20-22-53)41-13-15-51(4)16-14-41)33-37-31-36(3)45-40(32-37)35-49-56(45)24-26-63-30-28-61-6-2/h7-10,31-32,34-35,38,41,43H,5-6,11-30,33H2,1-4H3,(H,50,59)/t43-/m1/s1. The van der Waals surface area contributed by atoms with Crippen LogP contribution in [-0.4, -0.2) is 170 Å². The number of urea groups is 1. The summed E-state index contributed by atoms with van der Waals surface area (Å²) in [6, 6.07) is 13.8. The Morgan fingerprint density at radius 2 is 1.43 bits per heavy atom. The summed E-state index contributed by atoms with van der Waals surface area (Å²) in [6.07, 6.45) is 5.85. The second-order valence-corrected chi connectivity index (χ2v) is 17.3. The molecule has 0 aliphatic carbocycles. The summed E-state index contributed by atoms with van der Waals surface area (Å²) in [4.78, 5) is 51.5. The van der Waals surface area contributed by atoms with Crippen LogP contribution in [0.25, 0.3) is 21.8 Å². The molecule has 3 amide bonds. The number of pyridine rings is 1. The van der Waals surface area contributed by atoms with E-state index in [2.05, 4.69) is 46.3 Å². The maximum atomic E-state index is 14.5. The fourth-order valence-corrected chi connectivity index (χ4v) is 9.67. The number of nitrogens with zero attached hydrogens (tertiary/aromatic N) is 7. The molecule has 0 saturated carbocycles. The lowest BCUT2D eigenvalue weighted by Gasteiger charge is -2.43. The first-order chi connectivity index (χ1) is 30.7. The maximum absolute atomic E-state index is 14.5. The number of nitrogens with one attached hydrogen (secondary N) is 1. The highest BCUT2D eigenvalue weighted by Crippen LogP contribution is 2.29. The van der Waals surface area contributed by atoms with Gasteiger partial charge in [0.05, 0.1) is 63.4 Å². The molecular formula is C48H70N8O7. The number of amides is 3. The Morgan fingerprint density at radius 3 is 2.13 bits per heavy atom. The number of fused-ring (bicyclic) bond motifs is 2. The van der Waals surface area contributed by atoms with Crippen LogP contribution in [0.15, 0.2) is 53.5 Å². The number of carbonyl (C=O) groups excluding carboxylic acids is 2. The van der Waals surface area contributed by atoms with Crippen LogP contribution in [0.2, 0.25) is 0 Å². The zero-order valence-corrected chi connectivity index (χ0v) is 38.1. The number of hydrogen-bond donors (Lipinski definition) is 1. The highest BCUT2D eigenvalue weighted by atomic mass is 16.5. The number of piperidine rings is 2. The summed E-state index contributed by atoms with van der Waals surface area (Å²) in [6.45, 7) is 17.6. The molecule has 2 aromatic carbocycles. The van der Waals surface area contributed by atoms with E-state index in [0.29, 0.717) is 117 Å². The Kier molecular flexibility index (Phi) is 17.0. The van der Waals surface area contributed by atoms with E-state index in [0.717, 1.165) is 77.5 Å². The van der Waals surface area contributed by atoms with Crippen LogP contribution in [0.5, 0.6) is 0 Å². The van der Waals surface area contributed by atoms with Gasteiger partial charge in [0.25, 0.3) is 5.56 Å². The van der Waals surface area contributed by atoms with Crippen LogP contribution in [0.1, 0.15) is 62.1 Å². The van der Waals surface area contributed by atoms with Crippen LogP contribution in [0.4, 0.5) is 4.79 Å². The Hall–Kier alpha value is -4.38. The number of hydrogen-bond acceptors (Lipinski definition) is 10. The minimum Gasteiger partial charge on any atom is -0.379 e. The summed E-state index contributed by atoms with van der Waals surface area (Å²) in [5, 5.41) is 9.89. The lowest BCUT2D eigenvalue weighted by Crippen LogP contribution is -2.59. The molecular weight excluding hydrogens is 801 g/mol. The van der Waals surface area contributed by atoms with Crippen LogP contribution in [0.3, 0.4) is 0 Å². The lowest BCUT2D eigenvalue weighted by molar-refractivity contribution is -0.135. The number of ether oxygens (including phenoxy) is 4. The number of aromatic nitrogens is 3. The monoisotopic (exact) mass is 871 g/mol. The quantitative estimate of drug-likeness (QED) is 0.127. The smallest absolute Gasteiger partial charge is 0.318 e. The van der Waals surface area contributed by atoms with Crippen molar-refractivity contribution in [2.45, 2.75) is 84.0 Å². The van der Waals surface area contributed by atoms with Gasteiger partial charge >= 0.3 is 6.03 Å². The van der Waals surface area contributed by atoms with Gasteiger partial charge in [-0.1, -0.05) is 24.3 Å². The molecule has 0 spiro atoms. The molecule has 15 heteroatoms. The van der Waals surface area contributed by atoms with Gasteiger partial charge in [-0.3, -0.25) is 19.2 Å². The van der Waals surface area contributed by atoms with Crippen LogP contribution in [0, 0.1) is 6.92 Å². The van der Waals surface area contributed by atoms with Gasteiger partial charge in [0.15, 0.2) is 0 Å². The molecule has 2 aromatic heterocycles. The Labute approximate surface area is 372 Å². The van der Waals surface area contributed by atoms with Gasteiger partial charge < -0.3 is 43.5 Å². The molecule has 1 atom stereocenters. The molecule has 0 bridgehead atoms. The SMILES string of the molecule is CCOCCOCCn1ncc2cc(C[C@@H](NC(=O)N3CCC(c4cc5ccccc5n(CCOCCOCC)c4=O)CC3)C(=O)N3CCN(C4CCN(C)CC4)CC3)cc(C)c21. The highest BCUT2D eigenvalue weighted by molar-refractivity contribution is 5.88. The van der Waals surface area contributed by atoms with E-state index in [1.54, 1.807) is 0 Å². The average Bonchev–Trinajstić information content (AvgIpc) is 3.72. The van der Waals surface area contributed by atoms with E-state index < -0.39 is 6.04 Å². The summed E-state index contributed by atoms with van der Waals surface area (Å²) in [7, 11) is 2.18. The third kappa shape index (κ3) is 12.1. The van der Waals surface area contributed by atoms with Crippen molar-refractivity contribution in [3.8, 4) is 0 Å². The lowest BCUT2D eigenvalue weighted by atomic mass is 9.89. The third-order valence-corrected chi connectivity index (χ3v) is 13.2. The number of rotatable bonds is 20. The summed E-state index contributed by atoms with van der Waals surface area (Å²) in [5.41, 5.74) is 4.73. The summed E-state index contributed by atoms with van der Waals surface area (Å²) >= 11 is 0. The first kappa shape index (κ1) is 46.6. The fourth-order valence-electron chi connectivity index (χ4n) is 9.67. The molecule has 344 valence electrons. The van der Waals surface area contributed by atoms with Crippen molar-refractivity contribution in [1.82, 2.24) is 39.3 Å². The molecule has 63 heavy (non-hydrogen) atoms. The molecule has 0 unspecified atom stereocenters. The van der Waals surface area contributed by atoms with Crippen molar-refractivity contribution < 1.29 is 28.5 Å². The Bertz CT molecular complexity index is 2150. The van der Waals surface area contributed by atoms with Gasteiger partial charge in [-0.25, -0.2) is 4.79 Å². The second-order valence-electron chi connectivity index (χ2n) is 17.3. The molecule has 7 rings (SSSR count). The first-order valence-corrected chi connectivity index (χ1v) is 23.4. The molecule has 4 aromatic rings. The predicted octanol–water partition coefficient (Wildman–Crippen LogP) is 4.50. The van der Waals surface area contributed by atoms with Crippen molar-refractivity contribution in [3.05, 3.63) is 75.7 Å². The van der Waals surface area contributed by atoms with Crippen LogP contribution in [-0.2, 0) is 43.3 Å². The number of piperazine rings is 1. The van der Waals surface area contributed by atoms with Gasteiger partial charge in [0.1, 0.15) is 6.04 Å². The van der Waals surface area contributed by atoms with Crippen molar-refractivity contribution in [3.63, 3.8) is 0 Å². The minimum absolute atomic E-state index is 0.00441.